The lowest BCUT2D eigenvalue weighted by Gasteiger charge is -2.38. The van der Waals surface area contributed by atoms with Gasteiger partial charge in [-0.05, 0) is 43.0 Å². The molecular formula is C25H30FN5O2. The second kappa shape index (κ2) is 9.70. The van der Waals surface area contributed by atoms with E-state index in [1.54, 1.807) is 19.3 Å². The second-order valence-corrected chi connectivity index (χ2v) is 8.66. The van der Waals surface area contributed by atoms with Crippen LogP contribution in [0, 0.1) is 0 Å². The number of pyridine rings is 2. The van der Waals surface area contributed by atoms with Crippen LogP contribution in [0.25, 0.3) is 11.9 Å². The van der Waals surface area contributed by atoms with E-state index in [9.17, 15) is 14.0 Å². The third-order valence-corrected chi connectivity index (χ3v) is 6.81. The number of halogens is 1. The van der Waals surface area contributed by atoms with Crippen molar-refractivity contribution in [3.8, 4) is 0 Å². The molecule has 2 atom stereocenters. The van der Waals surface area contributed by atoms with E-state index < -0.39 is 11.4 Å². The molecule has 1 aliphatic carbocycles. The fraction of sp³-hybridized carbons (Fsp3) is 0.400. The molecule has 0 unspecified atom stereocenters. The van der Waals surface area contributed by atoms with Gasteiger partial charge in [-0.25, -0.2) is 9.37 Å². The van der Waals surface area contributed by atoms with Gasteiger partial charge in [-0.15, -0.1) is 0 Å². The van der Waals surface area contributed by atoms with E-state index in [-0.39, 0.29) is 17.4 Å². The number of rotatable bonds is 6. The Morgan fingerprint density at radius 3 is 2.64 bits per heavy atom. The molecule has 174 valence electrons. The fourth-order valence-electron chi connectivity index (χ4n) is 5.00. The minimum Gasteiger partial charge on any atom is -0.355 e. The van der Waals surface area contributed by atoms with E-state index >= 15 is 0 Å². The normalized spacial score (nSPS) is 21.1. The third kappa shape index (κ3) is 4.75. The van der Waals surface area contributed by atoms with Crippen LogP contribution in [0.2, 0.25) is 0 Å². The lowest BCUT2D eigenvalue weighted by molar-refractivity contribution is 0.0962. The number of carbonyl (C=O) groups is 1. The van der Waals surface area contributed by atoms with E-state index in [1.807, 2.05) is 12.1 Å². The van der Waals surface area contributed by atoms with Gasteiger partial charge in [0.25, 0.3) is 11.5 Å². The predicted molar refractivity (Wildman–Crippen MR) is 129 cm³/mol. The van der Waals surface area contributed by atoms with E-state index in [4.69, 9.17) is 0 Å². The SMILES string of the molecule is C=Cc1cc([C@@H]2CC[C@H](N3CCN(c4ccc(C(=O)NC)cn4)CC3)C2)[nH]c(=O)c1C(=C)F. The zero-order valence-corrected chi connectivity index (χ0v) is 18.9. The Kier molecular flexibility index (Phi) is 6.74. The Balaban J connectivity index is 1.37. The van der Waals surface area contributed by atoms with Crippen LogP contribution in [0.1, 0.15) is 52.4 Å². The number of H-pyrrole nitrogens is 1. The molecule has 1 saturated carbocycles. The Labute approximate surface area is 193 Å². The highest BCUT2D eigenvalue weighted by molar-refractivity contribution is 5.93. The van der Waals surface area contributed by atoms with Crippen LogP contribution < -0.4 is 15.8 Å². The standard InChI is InChI=1S/C25H30FN5O2/c1-4-17-14-21(29-25(33)23(17)16(2)26)18-5-7-20(13-18)30-9-11-31(12-10-30)22-8-6-19(15-28-22)24(32)27-3/h4,6,8,14-15,18,20H,1-2,5,7,9-13H2,3H3,(H,27,32)(H,29,33)/t18-,20+/m1/s1. The van der Waals surface area contributed by atoms with Crippen molar-refractivity contribution in [2.45, 2.75) is 31.2 Å². The van der Waals surface area contributed by atoms with Crippen molar-refractivity contribution in [3.63, 3.8) is 0 Å². The Bertz CT molecular complexity index is 1100. The number of hydrogen-bond donors (Lipinski definition) is 2. The van der Waals surface area contributed by atoms with Gasteiger partial charge in [0.05, 0.1) is 11.1 Å². The Hall–Kier alpha value is -3.26. The minimum absolute atomic E-state index is 0.0311. The molecule has 2 aromatic heterocycles. The highest BCUT2D eigenvalue weighted by atomic mass is 19.1. The summed E-state index contributed by atoms with van der Waals surface area (Å²) < 4.78 is 13.7. The maximum atomic E-state index is 13.7. The number of nitrogens with one attached hydrogen (secondary N) is 2. The lowest BCUT2D eigenvalue weighted by Crippen LogP contribution is -2.50. The highest BCUT2D eigenvalue weighted by Gasteiger charge is 2.33. The van der Waals surface area contributed by atoms with Gasteiger partial charge in [0.15, 0.2) is 0 Å². The topological polar surface area (TPSA) is 81.3 Å². The molecule has 2 fully saturated rings. The van der Waals surface area contributed by atoms with Crippen molar-refractivity contribution in [3.05, 3.63) is 70.3 Å². The van der Waals surface area contributed by atoms with Gasteiger partial charge in [-0.3, -0.25) is 14.5 Å². The van der Waals surface area contributed by atoms with Crippen LogP contribution >= 0.6 is 0 Å². The first-order valence-electron chi connectivity index (χ1n) is 11.3. The molecule has 1 aliphatic heterocycles. The first-order chi connectivity index (χ1) is 15.9. The summed E-state index contributed by atoms with van der Waals surface area (Å²) in [6.07, 6.45) is 6.13. The van der Waals surface area contributed by atoms with Crippen LogP contribution in [0.5, 0.6) is 0 Å². The van der Waals surface area contributed by atoms with Crippen LogP contribution in [0.3, 0.4) is 0 Å². The van der Waals surface area contributed by atoms with Crippen molar-refractivity contribution in [2.75, 3.05) is 38.1 Å². The van der Waals surface area contributed by atoms with E-state index in [0.717, 1.165) is 57.0 Å². The molecule has 2 aliphatic rings. The van der Waals surface area contributed by atoms with E-state index in [1.165, 1.54) is 6.08 Å². The van der Waals surface area contributed by atoms with Gasteiger partial charge in [-0.1, -0.05) is 19.2 Å². The summed E-state index contributed by atoms with van der Waals surface area (Å²) in [5, 5.41) is 2.61. The quantitative estimate of drug-likeness (QED) is 0.705. The van der Waals surface area contributed by atoms with Crippen LogP contribution in [-0.4, -0.2) is 60.0 Å². The summed E-state index contributed by atoms with van der Waals surface area (Å²) in [6.45, 7) is 10.6. The molecule has 0 bridgehead atoms. The molecule has 8 heteroatoms. The van der Waals surface area contributed by atoms with Gasteiger partial charge in [-0.2, -0.15) is 0 Å². The van der Waals surface area contributed by atoms with Gasteiger partial charge in [0.2, 0.25) is 0 Å². The summed E-state index contributed by atoms with van der Waals surface area (Å²) in [5.74, 6) is 0.244. The molecule has 2 N–H and O–H groups in total. The van der Waals surface area contributed by atoms with Crippen molar-refractivity contribution in [2.24, 2.45) is 0 Å². The number of amides is 1. The first kappa shape index (κ1) is 22.9. The number of nitrogens with zero attached hydrogens (tertiary/aromatic N) is 3. The zero-order chi connectivity index (χ0) is 23.5. The number of aromatic nitrogens is 2. The van der Waals surface area contributed by atoms with Crippen LogP contribution in [-0.2, 0) is 0 Å². The molecule has 0 aromatic carbocycles. The summed E-state index contributed by atoms with van der Waals surface area (Å²) in [4.78, 5) is 36.2. The minimum atomic E-state index is -0.738. The second-order valence-electron chi connectivity index (χ2n) is 8.66. The zero-order valence-electron chi connectivity index (χ0n) is 18.9. The molecule has 2 aromatic rings. The highest BCUT2D eigenvalue weighted by Crippen LogP contribution is 2.37. The molecule has 3 heterocycles. The molecule has 1 amide bonds. The van der Waals surface area contributed by atoms with E-state index in [2.05, 4.69) is 38.2 Å². The molecule has 1 saturated heterocycles. The number of carbonyl (C=O) groups excluding carboxylic acids is 1. The molecule has 0 radical (unpaired) electrons. The maximum Gasteiger partial charge on any atom is 0.258 e. The largest absolute Gasteiger partial charge is 0.355 e. The van der Waals surface area contributed by atoms with Crippen molar-refractivity contribution in [1.29, 1.82) is 0 Å². The Morgan fingerprint density at radius 2 is 2.03 bits per heavy atom. The number of hydrogen-bond acceptors (Lipinski definition) is 5. The maximum absolute atomic E-state index is 13.7. The number of aromatic amines is 1. The predicted octanol–water partition coefficient (Wildman–Crippen LogP) is 3.17. The monoisotopic (exact) mass is 451 g/mol. The summed E-state index contributed by atoms with van der Waals surface area (Å²) >= 11 is 0. The van der Waals surface area contributed by atoms with E-state index in [0.29, 0.717) is 17.2 Å². The summed E-state index contributed by atoms with van der Waals surface area (Å²) in [6, 6.07) is 5.99. The van der Waals surface area contributed by atoms with Crippen molar-refractivity contribution >= 4 is 23.6 Å². The summed E-state index contributed by atoms with van der Waals surface area (Å²) in [7, 11) is 1.61. The smallest absolute Gasteiger partial charge is 0.258 e. The summed E-state index contributed by atoms with van der Waals surface area (Å²) in [5.41, 5.74) is 1.42. The molecule has 4 rings (SSSR count). The Morgan fingerprint density at radius 1 is 1.27 bits per heavy atom. The molecular weight excluding hydrogens is 421 g/mol. The lowest BCUT2D eigenvalue weighted by atomic mass is 9.98. The van der Waals surface area contributed by atoms with Gasteiger partial charge < -0.3 is 15.2 Å². The molecule has 7 nitrogen and oxygen atoms in total. The van der Waals surface area contributed by atoms with Crippen molar-refractivity contribution in [1.82, 2.24) is 20.2 Å². The average molecular weight is 452 g/mol. The van der Waals surface area contributed by atoms with Crippen LogP contribution in [0.4, 0.5) is 10.2 Å². The van der Waals surface area contributed by atoms with Crippen LogP contribution in [0.15, 0.2) is 42.3 Å². The fourth-order valence-corrected chi connectivity index (χ4v) is 5.00. The van der Waals surface area contributed by atoms with Crippen molar-refractivity contribution < 1.29 is 9.18 Å². The molecule has 33 heavy (non-hydrogen) atoms. The molecule has 0 spiro atoms. The first-order valence-corrected chi connectivity index (χ1v) is 11.3. The number of piperazine rings is 1. The average Bonchev–Trinajstić information content (AvgIpc) is 3.33. The number of anilines is 1. The van der Waals surface area contributed by atoms with Gasteiger partial charge >= 0.3 is 0 Å². The van der Waals surface area contributed by atoms with Gasteiger partial charge in [0, 0.05) is 57.1 Å². The third-order valence-electron chi connectivity index (χ3n) is 6.81. The van der Waals surface area contributed by atoms with Gasteiger partial charge in [0.1, 0.15) is 11.6 Å².